The van der Waals surface area contributed by atoms with Gasteiger partial charge < -0.3 is 9.84 Å². The van der Waals surface area contributed by atoms with Crippen molar-refractivity contribution < 1.29 is 27.0 Å². The monoisotopic (exact) mass is 413 g/mol. The fourth-order valence-electron chi connectivity index (χ4n) is 2.33. The molecule has 0 radical (unpaired) electrons. The van der Waals surface area contributed by atoms with Gasteiger partial charge in [0.25, 0.3) is 8.53 Å². The lowest BCUT2D eigenvalue weighted by Gasteiger charge is -2.38. The maximum atomic E-state index is 12.7. The zero-order chi connectivity index (χ0) is 21.2. The number of rotatable bonds is 12. The second kappa shape index (κ2) is 12.5. The second-order valence-electron chi connectivity index (χ2n) is 6.74. The molecule has 0 aliphatic heterocycles. The normalized spacial score (nSPS) is 15.7. The molecular formula is C17H31F3N3O3P. The van der Waals surface area contributed by atoms with E-state index in [9.17, 15) is 18.0 Å². The molecule has 0 saturated carbocycles. The smallest absolute Gasteiger partial charge is 0.322 e. The highest BCUT2D eigenvalue weighted by molar-refractivity contribution is 7.44. The Balaban J connectivity index is 5.46. The van der Waals surface area contributed by atoms with E-state index in [1.807, 2.05) is 50.7 Å². The van der Waals surface area contributed by atoms with E-state index in [-0.39, 0.29) is 18.5 Å². The molecular weight excluding hydrogens is 382 g/mol. The van der Waals surface area contributed by atoms with Gasteiger partial charge in [-0.15, -0.1) is 0 Å². The molecule has 0 aliphatic carbocycles. The average molecular weight is 413 g/mol. The molecule has 0 fully saturated rings. The summed E-state index contributed by atoms with van der Waals surface area (Å²) in [4.78, 5) is 11.4. The standard InChI is InChI=1S/C17H31F3N3O3P/c1-7-8-9-10-15(22-16(24)17(18,19)20)26-27(25-14(6)11-21)23(12(2)3)13(4)5/h12-15H,7-10H2,1-6H3,(H,22,24). The molecule has 1 amide bonds. The van der Waals surface area contributed by atoms with E-state index in [0.29, 0.717) is 6.42 Å². The lowest BCUT2D eigenvalue weighted by Crippen LogP contribution is -2.45. The number of hydrogen-bond acceptors (Lipinski definition) is 5. The van der Waals surface area contributed by atoms with E-state index in [2.05, 4.69) is 0 Å². The van der Waals surface area contributed by atoms with Crippen molar-refractivity contribution in [3.63, 3.8) is 0 Å². The van der Waals surface area contributed by atoms with Crippen molar-refractivity contribution in [3.05, 3.63) is 0 Å². The van der Waals surface area contributed by atoms with Gasteiger partial charge in [0.1, 0.15) is 12.3 Å². The van der Waals surface area contributed by atoms with Gasteiger partial charge in [-0.25, -0.2) is 4.67 Å². The first-order chi connectivity index (χ1) is 12.4. The minimum Gasteiger partial charge on any atom is -0.322 e. The summed E-state index contributed by atoms with van der Waals surface area (Å²) in [5, 5.41) is 11.0. The van der Waals surface area contributed by atoms with Crippen LogP contribution in [0, 0.1) is 11.3 Å². The van der Waals surface area contributed by atoms with Crippen LogP contribution >= 0.6 is 8.53 Å². The Morgan fingerprint density at radius 2 is 1.70 bits per heavy atom. The summed E-state index contributed by atoms with van der Waals surface area (Å²) in [5.41, 5.74) is 0. The number of halogens is 3. The lowest BCUT2D eigenvalue weighted by molar-refractivity contribution is -0.176. The highest BCUT2D eigenvalue weighted by Crippen LogP contribution is 2.48. The van der Waals surface area contributed by atoms with Crippen LogP contribution in [-0.4, -0.2) is 41.2 Å². The highest BCUT2D eigenvalue weighted by Gasteiger charge is 2.41. The summed E-state index contributed by atoms with van der Waals surface area (Å²) in [6.45, 7) is 11.1. The van der Waals surface area contributed by atoms with E-state index >= 15 is 0 Å². The Morgan fingerprint density at radius 3 is 2.11 bits per heavy atom. The van der Waals surface area contributed by atoms with Gasteiger partial charge in [-0.1, -0.05) is 19.8 Å². The first-order valence-electron chi connectivity index (χ1n) is 9.13. The van der Waals surface area contributed by atoms with Crippen molar-refractivity contribution in [1.29, 1.82) is 5.26 Å². The van der Waals surface area contributed by atoms with Crippen LogP contribution in [0.3, 0.4) is 0 Å². The largest absolute Gasteiger partial charge is 0.471 e. The van der Waals surface area contributed by atoms with Gasteiger partial charge in [0.2, 0.25) is 0 Å². The van der Waals surface area contributed by atoms with Crippen LogP contribution in [0.2, 0.25) is 0 Å². The van der Waals surface area contributed by atoms with E-state index in [1.54, 1.807) is 0 Å². The maximum absolute atomic E-state index is 12.7. The molecule has 0 aromatic heterocycles. The fourth-order valence-corrected chi connectivity index (χ4v) is 4.05. The lowest BCUT2D eigenvalue weighted by atomic mass is 10.2. The Bertz CT molecular complexity index is 476. The fraction of sp³-hybridized carbons (Fsp3) is 0.882. The predicted octanol–water partition coefficient (Wildman–Crippen LogP) is 4.86. The molecule has 6 nitrogen and oxygen atoms in total. The topological polar surface area (TPSA) is 74.6 Å². The molecule has 158 valence electrons. The van der Waals surface area contributed by atoms with Crippen LogP contribution in [0.4, 0.5) is 13.2 Å². The van der Waals surface area contributed by atoms with Gasteiger partial charge in [-0.05, 0) is 47.5 Å². The van der Waals surface area contributed by atoms with E-state index in [1.165, 1.54) is 6.92 Å². The molecule has 3 atom stereocenters. The van der Waals surface area contributed by atoms with Crippen LogP contribution in [0.25, 0.3) is 0 Å². The molecule has 3 unspecified atom stereocenters. The number of carbonyl (C=O) groups is 1. The quantitative estimate of drug-likeness (QED) is 0.281. The van der Waals surface area contributed by atoms with Crippen molar-refractivity contribution >= 4 is 14.4 Å². The number of unbranched alkanes of at least 4 members (excludes halogenated alkanes) is 2. The molecule has 1 N–H and O–H groups in total. The highest BCUT2D eigenvalue weighted by atomic mass is 31.2. The molecule has 0 rings (SSSR count). The summed E-state index contributed by atoms with van der Waals surface area (Å²) in [7, 11) is -1.85. The molecule has 0 heterocycles. The minimum atomic E-state index is -4.99. The van der Waals surface area contributed by atoms with Gasteiger partial charge in [0, 0.05) is 12.1 Å². The van der Waals surface area contributed by atoms with Crippen LogP contribution in [0.15, 0.2) is 0 Å². The van der Waals surface area contributed by atoms with Gasteiger partial charge in [0.05, 0.1) is 6.07 Å². The number of nitrogens with zero attached hydrogens (tertiary/aromatic N) is 2. The van der Waals surface area contributed by atoms with Crippen LogP contribution in [0.1, 0.15) is 67.2 Å². The Kier molecular flexibility index (Phi) is 12.1. The molecule has 0 saturated heterocycles. The summed E-state index contributed by atoms with van der Waals surface area (Å²) >= 11 is 0. The molecule has 0 spiro atoms. The number of nitrogens with one attached hydrogen (secondary N) is 1. The van der Waals surface area contributed by atoms with Crippen LogP contribution in [-0.2, 0) is 13.8 Å². The van der Waals surface area contributed by atoms with E-state index in [0.717, 1.165) is 12.8 Å². The van der Waals surface area contributed by atoms with E-state index in [4.69, 9.17) is 14.3 Å². The molecule has 0 aliphatic rings. The Morgan fingerprint density at radius 1 is 1.15 bits per heavy atom. The van der Waals surface area contributed by atoms with Crippen LogP contribution in [0.5, 0.6) is 0 Å². The minimum absolute atomic E-state index is 0.0309. The molecule has 0 aromatic carbocycles. The molecule has 0 bridgehead atoms. The average Bonchev–Trinajstić information content (AvgIpc) is 2.52. The second-order valence-corrected chi connectivity index (χ2v) is 8.10. The molecule has 10 heteroatoms. The van der Waals surface area contributed by atoms with Crippen molar-refractivity contribution in [2.24, 2.45) is 0 Å². The first-order valence-corrected chi connectivity index (χ1v) is 10.3. The number of amides is 1. The summed E-state index contributed by atoms with van der Waals surface area (Å²) in [5.74, 6) is -2.05. The molecule has 0 aromatic rings. The summed E-state index contributed by atoms with van der Waals surface area (Å²) < 4.78 is 51.3. The third-order valence-electron chi connectivity index (χ3n) is 3.51. The number of carbonyl (C=O) groups excluding carboxylic acids is 1. The Hall–Kier alpha value is -0.940. The van der Waals surface area contributed by atoms with Crippen LogP contribution < -0.4 is 5.32 Å². The number of alkyl halides is 3. The number of hydrogen-bond donors (Lipinski definition) is 1. The van der Waals surface area contributed by atoms with Crippen molar-refractivity contribution in [2.75, 3.05) is 0 Å². The third kappa shape index (κ3) is 10.2. The van der Waals surface area contributed by atoms with Gasteiger partial charge in [0.15, 0.2) is 0 Å². The van der Waals surface area contributed by atoms with E-state index < -0.39 is 32.9 Å². The number of nitriles is 1. The van der Waals surface area contributed by atoms with Gasteiger partial charge in [-0.3, -0.25) is 9.32 Å². The van der Waals surface area contributed by atoms with Crippen molar-refractivity contribution in [1.82, 2.24) is 9.99 Å². The van der Waals surface area contributed by atoms with Gasteiger partial charge >= 0.3 is 12.1 Å². The maximum Gasteiger partial charge on any atom is 0.471 e. The SMILES string of the molecule is CCCCCC(NC(=O)C(F)(F)F)OP(OC(C)C#N)N(C(C)C)C(C)C. The van der Waals surface area contributed by atoms with Crippen molar-refractivity contribution in [2.45, 2.75) is 97.8 Å². The third-order valence-corrected chi connectivity index (χ3v) is 5.75. The summed E-state index contributed by atoms with van der Waals surface area (Å²) in [6, 6.07) is 1.88. The van der Waals surface area contributed by atoms with Crippen molar-refractivity contribution in [3.8, 4) is 6.07 Å². The molecule has 27 heavy (non-hydrogen) atoms. The Labute approximate surface area is 161 Å². The predicted molar refractivity (Wildman–Crippen MR) is 98.4 cm³/mol. The zero-order valence-corrected chi connectivity index (χ0v) is 17.7. The zero-order valence-electron chi connectivity index (χ0n) is 16.8. The first kappa shape index (κ1) is 26.1. The summed E-state index contributed by atoms with van der Waals surface area (Å²) in [6.07, 6.45) is -4.45. The van der Waals surface area contributed by atoms with Gasteiger partial charge in [-0.2, -0.15) is 18.4 Å².